The summed E-state index contributed by atoms with van der Waals surface area (Å²) in [5.74, 6) is -1.04. The molecule has 1 amide bonds. The number of aldehydes is 1. The first-order valence-corrected chi connectivity index (χ1v) is 4.27. The zero-order valence-corrected chi connectivity index (χ0v) is 7.83. The van der Waals surface area contributed by atoms with Gasteiger partial charge in [0, 0.05) is 5.56 Å². The van der Waals surface area contributed by atoms with Crippen LogP contribution in [0.15, 0.2) is 24.3 Å². The van der Waals surface area contributed by atoms with Crippen molar-refractivity contribution in [3.63, 3.8) is 0 Å². The summed E-state index contributed by atoms with van der Waals surface area (Å²) in [6.45, 7) is 0. The van der Waals surface area contributed by atoms with Crippen LogP contribution in [0, 0.1) is 0 Å². The fraction of sp³-hybridized carbons (Fsp3) is 0.200. The van der Waals surface area contributed by atoms with Gasteiger partial charge >= 0.3 is 0 Å². The maximum absolute atomic E-state index is 10.6. The molecule has 0 aliphatic heterocycles. The van der Waals surface area contributed by atoms with Crippen LogP contribution in [0.2, 0.25) is 0 Å². The Labute approximate surface area is 86.1 Å². The van der Waals surface area contributed by atoms with Crippen LogP contribution in [0.1, 0.15) is 22.0 Å². The zero-order valence-electron chi connectivity index (χ0n) is 7.83. The molecule has 5 nitrogen and oxygen atoms in total. The van der Waals surface area contributed by atoms with Crippen LogP contribution in [-0.2, 0) is 4.79 Å². The number of hydrogen-bond donors (Lipinski definition) is 3. The highest BCUT2D eigenvalue weighted by molar-refractivity contribution is 5.81. The van der Waals surface area contributed by atoms with Crippen molar-refractivity contribution < 1.29 is 19.8 Å². The summed E-state index contributed by atoms with van der Waals surface area (Å²) in [5, 5.41) is 18.8. The fourth-order valence-corrected chi connectivity index (χ4v) is 1.21. The van der Waals surface area contributed by atoms with Crippen molar-refractivity contribution in [3.05, 3.63) is 35.4 Å². The Morgan fingerprint density at radius 3 is 2.47 bits per heavy atom. The molecule has 0 aromatic heterocycles. The highest BCUT2D eigenvalue weighted by Gasteiger charge is 2.24. The van der Waals surface area contributed by atoms with Crippen LogP contribution in [0.25, 0.3) is 0 Å². The van der Waals surface area contributed by atoms with Crippen LogP contribution in [-0.4, -0.2) is 28.5 Å². The molecule has 0 spiro atoms. The van der Waals surface area contributed by atoms with E-state index < -0.39 is 18.1 Å². The van der Waals surface area contributed by atoms with Gasteiger partial charge in [-0.3, -0.25) is 9.59 Å². The van der Waals surface area contributed by atoms with Crippen molar-refractivity contribution in [1.29, 1.82) is 0 Å². The molecule has 80 valence electrons. The molecule has 0 radical (unpaired) electrons. The SMILES string of the molecule is NC(=O)C(O)C(O)c1ccccc1C=O. The van der Waals surface area contributed by atoms with Crippen molar-refractivity contribution in [2.75, 3.05) is 0 Å². The summed E-state index contributed by atoms with van der Waals surface area (Å²) in [6.07, 6.45) is -2.67. The van der Waals surface area contributed by atoms with E-state index in [1.807, 2.05) is 0 Å². The van der Waals surface area contributed by atoms with Crippen molar-refractivity contribution in [2.24, 2.45) is 5.73 Å². The Kier molecular flexibility index (Phi) is 3.54. The molecule has 2 unspecified atom stereocenters. The van der Waals surface area contributed by atoms with Crippen LogP contribution in [0.3, 0.4) is 0 Å². The molecule has 1 aromatic carbocycles. The highest BCUT2D eigenvalue weighted by atomic mass is 16.3. The number of aliphatic hydroxyl groups excluding tert-OH is 2. The maximum atomic E-state index is 10.6. The van der Waals surface area contributed by atoms with Gasteiger partial charge in [0.15, 0.2) is 6.10 Å². The first-order valence-electron chi connectivity index (χ1n) is 4.27. The number of carbonyl (C=O) groups is 2. The van der Waals surface area contributed by atoms with Gasteiger partial charge in [-0.2, -0.15) is 0 Å². The summed E-state index contributed by atoms with van der Waals surface area (Å²) < 4.78 is 0. The van der Waals surface area contributed by atoms with Crippen molar-refractivity contribution >= 4 is 12.2 Å². The van der Waals surface area contributed by atoms with Gasteiger partial charge in [-0.25, -0.2) is 0 Å². The van der Waals surface area contributed by atoms with Crippen molar-refractivity contribution in [1.82, 2.24) is 0 Å². The van der Waals surface area contributed by atoms with Gasteiger partial charge in [0.2, 0.25) is 5.91 Å². The molecule has 2 atom stereocenters. The van der Waals surface area contributed by atoms with E-state index in [-0.39, 0.29) is 11.1 Å². The van der Waals surface area contributed by atoms with E-state index >= 15 is 0 Å². The van der Waals surface area contributed by atoms with E-state index in [9.17, 15) is 19.8 Å². The summed E-state index contributed by atoms with van der Waals surface area (Å²) in [5.41, 5.74) is 5.22. The predicted molar refractivity (Wildman–Crippen MR) is 52.0 cm³/mol. The zero-order chi connectivity index (χ0) is 11.4. The smallest absolute Gasteiger partial charge is 0.249 e. The Morgan fingerprint density at radius 1 is 1.33 bits per heavy atom. The number of benzene rings is 1. The molecule has 0 saturated heterocycles. The number of nitrogens with two attached hydrogens (primary N) is 1. The normalized spacial score (nSPS) is 14.3. The highest BCUT2D eigenvalue weighted by Crippen LogP contribution is 2.19. The molecule has 0 fully saturated rings. The topological polar surface area (TPSA) is 101 Å². The molecule has 0 saturated carbocycles. The van der Waals surface area contributed by atoms with Gasteiger partial charge in [-0.1, -0.05) is 24.3 Å². The third-order valence-corrected chi connectivity index (χ3v) is 2.03. The largest absolute Gasteiger partial charge is 0.385 e. The lowest BCUT2D eigenvalue weighted by atomic mass is 9.99. The first kappa shape index (κ1) is 11.4. The lowest BCUT2D eigenvalue weighted by Crippen LogP contribution is -2.34. The average molecular weight is 209 g/mol. The lowest BCUT2D eigenvalue weighted by molar-refractivity contribution is -0.132. The monoisotopic (exact) mass is 209 g/mol. The van der Waals surface area contributed by atoms with E-state index in [0.29, 0.717) is 6.29 Å². The molecule has 0 aliphatic carbocycles. The summed E-state index contributed by atoms with van der Waals surface area (Å²) in [7, 11) is 0. The van der Waals surface area contributed by atoms with Gasteiger partial charge in [0.25, 0.3) is 0 Å². The standard InChI is InChI=1S/C10H11NO4/c11-10(15)9(14)8(13)7-4-2-1-3-6(7)5-12/h1-5,8-9,13-14H,(H2,11,15). The van der Waals surface area contributed by atoms with Gasteiger partial charge in [0.1, 0.15) is 12.4 Å². The number of hydrogen-bond acceptors (Lipinski definition) is 4. The summed E-state index contributed by atoms with van der Waals surface area (Å²) >= 11 is 0. The van der Waals surface area contributed by atoms with Gasteiger partial charge in [0.05, 0.1) is 0 Å². The molecule has 15 heavy (non-hydrogen) atoms. The number of aliphatic hydroxyl groups is 2. The Balaban J connectivity index is 3.04. The van der Waals surface area contributed by atoms with Crippen molar-refractivity contribution in [3.8, 4) is 0 Å². The molecule has 5 heteroatoms. The number of carbonyl (C=O) groups excluding carboxylic acids is 2. The number of rotatable bonds is 4. The minimum Gasteiger partial charge on any atom is -0.385 e. The molecule has 0 aliphatic rings. The van der Waals surface area contributed by atoms with E-state index in [0.717, 1.165) is 0 Å². The van der Waals surface area contributed by atoms with E-state index in [4.69, 9.17) is 5.73 Å². The molecule has 1 rings (SSSR count). The second-order valence-electron chi connectivity index (χ2n) is 3.04. The Hall–Kier alpha value is -1.72. The quantitative estimate of drug-likeness (QED) is 0.575. The minimum absolute atomic E-state index is 0.179. The third kappa shape index (κ3) is 2.39. The second-order valence-corrected chi connectivity index (χ2v) is 3.04. The fourth-order valence-electron chi connectivity index (χ4n) is 1.21. The minimum atomic E-state index is -1.72. The molecule has 1 aromatic rings. The average Bonchev–Trinajstić information content (AvgIpc) is 2.26. The van der Waals surface area contributed by atoms with E-state index in [2.05, 4.69) is 0 Å². The third-order valence-electron chi connectivity index (χ3n) is 2.03. The molecular weight excluding hydrogens is 198 g/mol. The van der Waals surface area contributed by atoms with Gasteiger partial charge in [-0.05, 0) is 5.56 Å². The van der Waals surface area contributed by atoms with Crippen LogP contribution in [0.5, 0.6) is 0 Å². The Morgan fingerprint density at radius 2 is 1.93 bits per heavy atom. The second kappa shape index (κ2) is 4.68. The molecular formula is C10H11NO4. The van der Waals surface area contributed by atoms with Crippen LogP contribution >= 0.6 is 0 Å². The molecule has 0 bridgehead atoms. The van der Waals surface area contributed by atoms with E-state index in [1.165, 1.54) is 12.1 Å². The first-order chi connectivity index (χ1) is 7.07. The van der Waals surface area contributed by atoms with Gasteiger partial charge < -0.3 is 15.9 Å². The molecule has 4 N–H and O–H groups in total. The van der Waals surface area contributed by atoms with Crippen LogP contribution < -0.4 is 5.73 Å². The van der Waals surface area contributed by atoms with Gasteiger partial charge in [-0.15, -0.1) is 0 Å². The Bertz CT molecular complexity index is 377. The predicted octanol–water partition coefficient (Wildman–Crippen LogP) is -0.621. The van der Waals surface area contributed by atoms with Crippen LogP contribution in [0.4, 0.5) is 0 Å². The number of amides is 1. The van der Waals surface area contributed by atoms with Crippen molar-refractivity contribution in [2.45, 2.75) is 12.2 Å². The number of primary amides is 1. The lowest BCUT2D eigenvalue weighted by Gasteiger charge is -2.16. The van der Waals surface area contributed by atoms with E-state index in [1.54, 1.807) is 12.1 Å². The molecule has 0 heterocycles. The summed E-state index contributed by atoms with van der Waals surface area (Å²) in [4.78, 5) is 21.3. The summed E-state index contributed by atoms with van der Waals surface area (Å²) in [6, 6.07) is 6.11. The maximum Gasteiger partial charge on any atom is 0.249 e.